The predicted molar refractivity (Wildman–Crippen MR) is 147 cm³/mol. The van der Waals surface area contributed by atoms with Gasteiger partial charge in [-0.25, -0.2) is 9.97 Å². The summed E-state index contributed by atoms with van der Waals surface area (Å²) in [6.45, 7) is 4.51. The van der Waals surface area contributed by atoms with Crippen LogP contribution < -0.4 is 0 Å². The van der Waals surface area contributed by atoms with Crippen LogP contribution in [0.4, 0.5) is 0 Å². The van der Waals surface area contributed by atoms with Gasteiger partial charge in [0.25, 0.3) is 0 Å². The number of nitriles is 1. The van der Waals surface area contributed by atoms with E-state index in [1.807, 2.05) is 12.4 Å². The molecule has 0 atom stereocenters. The smallest absolute Gasteiger partial charge is 0.159 e. The van der Waals surface area contributed by atoms with E-state index in [2.05, 4.69) is 54.2 Å². The molecule has 1 aliphatic rings. The molecule has 3 heteroatoms. The van der Waals surface area contributed by atoms with Crippen molar-refractivity contribution in [1.29, 1.82) is 5.26 Å². The van der Waals surface area contributed by atoms with Crippen molar-refractivity contribution in [2.75, 3.05) is 0 Å². The maximum absolute atomic E-state index is 9.96. The molecule has 0 aliphatic heterocycles. The Morgan fingerprint density at radius 3 is 1.97 bits per heavy atom. The number of rotatable bonds is 15. The Hall–Kier alpha value is -2.21. The monoisotopic (exact) mass is 473 g/mol. The summed E-state index contributed by atoms with van der Waals surface area (Å²) in [7, 11) is 0. The average molecular weight is 474 g/mol. The molecular weight excluding hydrogens is 426 g/mol. The summed E-state index contributed by atoms with van der Waals surface area (Å²) in [6.07, 6.45) is 24.9. The Morgan fingerprint density at radius 1 is 0.800 bits per heavy atom. The zero-order chi connectivity index (χ0) is 24.8. The zero-order valence-electron chi connectivity index (χ0n) is 22.4. The van der Waals surface area contributed by atoms with Crippen LogP contribution in [0.1, 0.15) is 134 Å². The molecule has 0 spiro atoms. The van der Waals surface area contributed by atoms with E-state index in [9.17, 15) is 5.26 Å². The topological polar surface area (TPSA) is 49.6 Å². The van der Waals surface area contributed by atoms with Gasteiger partial charge in [-0.05, 0) is 62.0 Å². The van der Waals surface area contributed by atoms with Gasteiger partial charge < -0.3 is 0 Å². The van der Waals surface area contributed by atoms with Crippen molar-refractivity contribution < 1.29 is 0 Å². The number of benzene rings is 1. The molecule has 0 N–H and O–H groups in total. The Morgan fingerprint density at radius 2 is 1.37 bits per heavy atom. The Bertz CT molecular complexity index is 871. The van der Waals surface area contributed by atoms with Crippen molar-refractivity contribution in [1.82, 2.24) is 9.97 Å². The van der Waals surface area contributed by atoms with Crippen LogP contribution in [-0.4, -0.2) is 9.97 Å². The van der Waals surface area contributed by atoms with Crippen molar-refractivity contribution in [3.05, 3.63) is 47.8 Å². The van der Waals surface area contributed by atoms with E-state index in [1.165, 1.54) is 81.8 Å². The fraction of sp³-hybridized carbons (Fsp3) is 0.656. The van der Waals surface area contributed by atoms with Crippen LogP contribution in [0.25, 0.3) is 11.4 Å². The highest BCUT2D eigenvalue weighted by atomic mass is 14.9. The molecule has 3 rings (SSSR count). The third kappa shape index (κ3) is 8.75. The van der Waals surface area contributed by atoms with Crippen LogP contribution in [0.5, 0.6) is 0 Å². The quantitative estimate of drug-likeness (QED) is 0.242. The molecule has 1 aromatic carbocycles. The van der Waals surface area contributed by atoms with Crippen molar-refractivity contribution >= 4 is 0 Å². The molecule has 0 radical (unpaired) electrons. The number of aryl methyl sites for hydroxylation is 1. The van der Waals surface area contributed by atoms with Gasteiger partial charge in [0.1, 0.15) is 0 Å². The summed E-state index contributed by atoms with van der Waals surface area (Å²) >= 11 is 0. The largest absolute Gasteiger partial charge is 0.236 e. The van der Waals surface area contributed by atoms with E-state index in [-0.39, 0.29) is 5.41 Å². The second kappa shape index (κ2) is 15.0. The lowest BCUT2D eigenvalue weighted by Gasteiger charge is -2.35. The molecule has 1 saturated carbocycles. The molecule has 2 aromatic rings. The lowest BCUT2D eigenvalue weighted by Crippen LogP contribution is -2.25. The lowest BCUT2D eigenvalue weighted by atomic mass is 9.67. The Labute approximate surface area is 214 Å². The Kier molecular flexibility index (Phi) is 11.8. The van der Waals surface area contributed by atoms with Crippen LogP contribution in [0.2, 0.25) is 0 Å². The van der Waals surface area contributed by atoms with Crippen LogP contribution in [0.3, 0.4) is 0 Å². The van der Waals surface area contributed by atoms with E-state index in [0.29, 0.717) is 5.92 Å². The average Bonchev–Trinajstić information content (AvgIpc) is 2.91. The van der Waals surface area contributed by atoms with E-state index < -0.39 is 0 Å². The Balaban J connectivity index is 1.45. The van der Waals surface area contributed by atoms with Gasteiger partial charge in [0.05, 0.1) is 11.5 Å². The fourth-order valence-corrected chi connectivity index (χ4v) is 5.64. The SMILES string of the molecule is CCCCCCCCC[C@]1(C#N)CC[C@H](c2ccc(-c3ncc(CCCCCC)cn3)cc2)CC1. The molecule has 0 amide bonds. The summed E-state index contributed by atoms with van der Waals surface area (Å²) < 4.78 is 0. The number of hydrogen-bond acceptors (Lipinski definition) is 3. The molecule has 3 nitrogen and oxygen atoms in total. The van der Waals surface area contributed by atoms with Gasteiger partial charge in [0, 0.05) is 18.0 Å². The summed E-state index contributed by atoms with van der Waals surface area (Å²) in [5.41, 5.74) is 3.66. The minimum Gasteiger partial charge on any atom is -0.236 e. The van der Waals surface area contributed by atoms with Gasteiger partial charge in [-0.3, -0.25) is 0 Å². The van der Waals surface area contributed by atoms with Gasteiger partial charge in [0.15, 0.2) is 5.82 Å². The third-order valence-electron chi connectivity index (χ3n) is 8.10. The second-order valence-corrected chi connectivity index (χ2v) is 10.9. The maximum atomic E-state index is 9.96. The van der Waals surface area contributed by atoms with Crippen molar-refractivity contribution in [2.24, 2.45) is 5.41 Å². The van der Waals surface area contributed by atoms with Crippen molar-refractivity contribution in [3.63, 3.8) is 0 Å². The summed E-state index contributed by atoms with van der Waals surface area (Å²) in [5, 5.41) is 9.96. The first-order valence-corrected chi connectivity index (χ1v) is 14.5. The van der Waals surface area contributed by atoms with E-state index >= 15 is 0 Å². The fourth-order valence-electron chi connectivity index (χ4n) is 5.64. The number of hydrogen-bond donors (Lipinski definition) is 0. The molecule has 0 bridgehead atoms. The zero-order valence-corrected chi connectivity index (χ0v) is 22.4. The molecule has 190 valence electrons. The number of nitrogens with zero attached hydrogens (tertiary/aromatic N) is 3. The first-order valence-electron chi connectivity index (χ1n) is 14.5. The van der Waals surface area contributed by atoms with Gasteiger partial charge in [-0.2, -0.15) is 5.26 Å². The van der Waals surface area contributed by atoms with Crippen LogP contribution >= 0.6 is 0 Å². The standard InChI is InChI=1S/C32H47N3/c1-3-5-7-9-10-11-13-21-32(26-33)22-19-29(20-23-32)28-15-17-30(18-16-28)31-34-24-27(25-35-31)14-12-8-6-4-2/h15-18,24-25,29H,3-14,19-23H2,1-2H3/t29-,32-. The summed E-state index contributed by atoms with van der Waals surface area (Å²) in [5.74, 6) is 1.39. The van der Waals surface area contributed by atoms with Gasteiger partial charge >= 0.3 is 0 Å². The number of unbranched alkanes of at least 4 members (excludes halogenated alkanes) is 9. The van der Waals surface area contributed by atoms with Gasteiger partial charge in [-0.1, -0.05) is 102 Å². The lowest BCUT2D eigenvalue weighted by molar-refractivity contribution is 0.223. The number of aromatic nitrogens is 2. The minimum atomic E-state index is -0.0774. The van der Waals surface area contributed by atoms with Crippen molar-refractivity contribution in [3.8, 4) is 17.5 Å². The van der Waals surface area contributed by atoms with Gasteiger partial charge in [0.2, 0.25) is 0 Å². The molecule has 1 aliphatic carbocycles. The van der Waals surface area contributed by atoms with E-state index in [0.717, 1.165) is 49.9 Å². The highest BCUT2D eigenvalue weighted by Crippen LogP contribution is 2.45. The third-order valence-corrected chi connectivity index (χ3v) is 8.10. The molecule has 1 aromatic heterocycles. The van der Waals surface area contributed by atoms with Crippen molar-refractivity contribution in [2.45, 2.75) is 129 Å². The molecule has 35 heavy (non-hydrogen) atoms. The molecule has 1 heterocycles. The van der Waals surface area contributed by atoms with E-state index in [4.69, 9.17) is 0 Å². The van der Waals surface area contributed by atoms with Crippen LogP contribution in [-0.2, 0) is 6.42 Å². The summed E-state index contributed by atoms with van der Waals surface area (Å²) in [6, 6.07) is 11.6. The molecule has 0 unspecified atom stereocenters. The normalized spacial score (nSPS) is 20.0. The second-order valence-electron chi connectivity index (χ2n) is 10.9. The van der Waals surface area contributed by atoms with Gasteiger partial charge in [-0.15, -0.1) is 0 Å². The first-order chi connectivity index (χ1) is 17.2. The molecular formula is C32H47N3. The maximum Gasteiger partial charge on any atom is 0.159 e. The predicted octanol–water partition coefficient (Wildman–Crippen LogP) is 9.57. The molecule has 1 fully saturated rings. The minimum absolute atomic E-state index is 0.0774. The molecule has 0 saturated heterocycles. The van der Waals surface area contributed by atoms with E-state index in [1.54, 1.807) is 0 Å². The van der Waals surface area contributed by atoms with Crippen LogP contribution in [0, 0.1) is 16.7 Å². The van der Waals surface area contributed by atoms with Crippen LogP contribution in [0.15, 0.2) is 36.7 Å². The highest BCUT2D eigenvalue weighted by molar-refractivity contribution is 5.55. The highest BCUT2D eigenvalue weighted by Gasteiger charge is 2.35. The first kappa shape index (κ1) is 27.4. The summed E-state index contributed by atoms with van der Waals surface area (Å²) in [4.78, 5) is 9.26.